The minimum absolute atomic E-state index is 0.163. The number of anilines is 1. The molecule has 132 valence electrons. The molecule has 1 amide bonds. The van der Waals surface area contributed by atoms with Crippen molar-refractivity contribution >= 4 is 11.6 Å². The van der Waals surface area contributed by atoms with Gasteiger partial charge in [-0.05, 0) is 48.5 Å². The van der Waals surface area contributed by atoms with Gasteiger partial charge < -0.3 is 19.2 Å². The van der Waals surface area contributed by atoms with Crippen LogP contribution in [0, 0.1) is 5.82 Å². The molecule has 0 aliphatic carbocycles. The Labute approximate surface area is 149 Å². The number of rotatable bonds is 3. The Kier molecular flexibility index (Phi) is 4.31. The van der Waals surface area contributed by atoms with Crippen molar-refractivity contribution in [3.63, 3.8) is 0 Å². The first-order valence-electron chi connectivity index (χ1n) is 8.26. The predicted molar refractivity (Wildman–Crippen MR) is 94.1 cm³/mol. The molecule has 2 heterocycles. The molecular weight excluding hydrogens is 337 g/mol. The zero-order valence-corrected chi connectivity index (χ0v) is 13.8. The van der Waals surface area contributed by atoms with E-state index in [-0.39, 0.29) is 17.5 Å². The first-order valence-corrected chi connectivity index (χ1v) is 8.26. The molecule has 5 nitrogen and oxygen atoms in total. The van der Waals surface area contributed by atoms with Crippen LogP contribution in [0.3, 0.4) is 0 Å². The van der Waals surface area contributed by atoms with E-state index >= 15 is 0 Å². The summed E-state index contributed by atoms with van der Waals surface area (Å²) in [5, 5.41) is 2.77. The van der Waals surface area contributed by atoms with Gasteiger partial charge in [-0.3, -0.25) is 4.79 Å². The van der Waals surface area contributed by atoms with Gasteiger partial charge in [0.2, 0.25) is 0 Å². The second kappa shape index (κ2) is 6.92. The van der Waals surface area contributed by atoms with Crippen molar-refractivity contribution in [1.29, 1.82) is 0 Å². The van der Waals surface area contributed by atoms with Gasteiger partial charge in [0.15, 0.2) is 17.3 Å². The molecule has 0 atom stereocenters. The van der Waals surface area contributed by atoms with E-state index in [4.69, 9.17) is 13.9 Å². The van der Waals surface area contributed by atoms with Crippen LogP contribution in [-0.2, 0) is 0 Å². The zero-order valence-electron chi connectivity index (χ0n) is 13.8. The zero-order chi connectivity index (χ0) is 17.9. The fraction of sp³-hybridized carbons (Fsp3) is 0.150. The van der Waals surface area contributed by atoms with Crippen molar-refractivity contribution in [3.8, 4) is 22.8 Å². The molecule has 0 fully saturated rings. The molecule has 3 aromatic rings. The van der Waals surface area contributed by atoms with Gasteiger partial charge >= 0.3 is 0 Å². The summed E-state index contributed by atoms with van der Waals surface area (Å²) in [6, 6.07) is 14.4. The molecule has 1 aliphatic heterocycles. The highest BCUT2D eigenvalue weighted by atomic mass is 19.1. The van der Waals surface area contributed by atoms with Crippen molar-refractivity contribution in [3.05, 3.63) is 66.2 Å². The minimum Gasteiger partial charge on any atom is -0.490 e. The van der Waals surface area contributed by atoms with Crippen molar-refractivity contribution in [2.75, 3.05) is 18.5 Å². The number of nitrogens with one attached hydrogen (secondary N) is 1. The van der Waals surface area contributed by atoms with E-state index in [1.165, 1.54) is 12.1 Å². The highest BCUT2D eigenvalue weighted by Crippen LogP contribution is 2.32. The van der Waals surface area contributed by atoms with Gasteiger partial charge in [-0.15, -0.1) is 0 Å². The molecule has 0 spiro atoms. The van der Waals surface area contributed by atoms with Crippen LogP contribution in [0.5, 0.6) is 11.5 Å². The predicted octanol–water partition coefficient (Wildman–Crippen LogP) is 4.50. The maximum atomic E-state index is 13.0. The number of furan rings is 1. The Morgan fingerprint density at radius 3 is 2.50 bits per heavy atom. The number of carbonyl (C=O) groups is 1. The largest absolute Gasteiger partial charge is 0.490 e. The fourth-order valence-electron chi connectivity index (χ4n) is 2.66. The van der Waals surface area contributed by atoms with Crippen LogP contribution in [0.4, 0.5) is 10.1 Å². The molecule has 1 aromatic heterocycles. The third-order valence-corrected chi connectivity index (χ3v) is 3.96. The van der Waals surface area contributed by atoms with Crippen LogP contribution in [0.25, 0.3) is 11.3 Å². The normalized spacial score (nSPS) is 13.1. The third-order valence-electron chi connectivity index (χ3n) is 3.96. The summed E-state index contributed by atoms with van der Waals surface area (Å²) >= 11 is 0. The van der Waals surface area contributed by atoms with Crippen LogP contribution in [0.15, 0.2) is 59.0 Å². The molecule has 1 aliphatic rings. The second-order valence-corrected chi connectivity index (χ2v) is 5.84. The summed E-state index contributed by atoms with van der Waals surface area (Å²) in [5.74, 6) is 1.22. The van der Waals surface area contributed by atoms with Crippen LogP contribution < -0.4 is 14.8 Å². The van der Waals surface area contributed by atoms with E-state index in [0.717, 1.165) is 6.42 Å². The Morgan fingerprint density at radius 1 is 0.923 bits per heavy atom. The van der Waals surface area contributed by atoms with Gasteiger partial charge in [-0.25, -0.2) is 4.39 Å². The highest BCUT2D eigenvalue weighted by molar-refractivity contribution is 6.02. The van der Waals surface area contributed by atoms with Gasteiger partial charge in [-0.1, -0.05) is 0 Å². The third kappa shape index (κ3) is 3.39. The lowest BCUT2D eigenvalue weighted by Gasteiger charge is -2.09. The number of carbonyl (C=O) groups excluding carboxylic acids is 1. The first kappa shape index (κ1) is 16.2. The van der Waals surface area contributed by atoms with Crippen LogP contribution in [0.1, 0.15) is 17.0 Å². The standard InChI is InChI=1S/C20H16FNO4/c21-14-4-2-13(3-5-14)16-8-9-18(26-16)20(23)22-15-6-7-17-19(12-15)25-11-1-10-24-17/h2-9,12H,1,10-11H2,(H,22,23). The Bertz CT molecular complexity index is 933. The summed E-state index contributed by atoms with van der Waals surface area (Å²) < 4.78 is 29.8. The van der Waals surface area contributed by atoms with Gasteiger partial charge in [0, 0.05) is 23.7 Å². The highest BCUT2D eigenvalue weighted by Gasteiger charge is 2.15. The quantitative estimate of drug-likeness (QED) is 0.753. The van der Waals surface area contributed by atoms with Crippen molar-refractivity contribution < 1.29 is 23.1 Å². The minimum atomic E-state index is -0.382. The average molecular weight is 353 g/mol. The number of hydrogen-bond donors (Lipinski definition) is 1. The van der Waals surface area contributed by atoms with E-state index in [9.17, 15) is 9.18 Å². The number of fused-ring (bicyclic) bond motifs is 1. The molecule has 0 radical (unpaired) electrons. The summed E-state index contributed by atoms with van der Waals surface area (Å²) in [5.41, 5.74) is 1.28. The fourth-order valence-corrected chi connectivity index (χ4v) is 2.66. The van der Waals surface area contributed by atoms with E-state index in [1.807, 2.05) is 0 Å². The summed E-state index contributed by atoms with van der Waals surface area (Å²) in [7, 11) is 0. The maximum Gasteiger partial charge on any atom is 0.291 e. The molecule has 0 saturated carbocycles. The number of ether oxygens (including phenoxy) is 2. The van der Waals surface area contributed by atoms with E-state index in [0.29, 0.717) is 41.7 Å². The van der Waals surface area contributed by atoms with E-state index in [1.54, 1.807) is 42.5 Å². The SMILES string of the molecule is O=C(Nc1ccc2c(c1)OCCCO2)c1ccc(-c2ccc(F)cc2)o1. The number of benzene rings is 2. The van der Waals surface area contributed by atoms with Gasteiger partial charge in [0.05, 0.1) is 13.2 Å². The summed E-state index contributed by atoms with van der Waals surface area (Å²) in [4.78, 5) is 12.4. The molecule has 0 bridgehead atoms. The first-order chi connectivity index (χ1) is 12.7. The number of amides is 1. The molecule has 0 unspecified atom stereocenters. The smallest absolute Gasteiger partial charge is 0.291 e. The van der Waals surface area contributed by atoms with E-state index in [2.05, 4.69) is 5.32 Å². The van der Waals surface area contributed by atoms with E-state index < -0.39 is 0 Å². The molecule has 26 heavy (non-hydrogen) atoms. The Morgan fingerprint density at radius 2 is 1.69 bits per heavy atom. The molecule has 4 rings (SSSR count). The molecule has 0 saturated heterocycles. The molecule has 1 N–H and O–H groups in total. The van der Waals surface area contributed by atoms with Gasteiger partial charge in [-0.2, -0.15) is 0 Å². The maximum absolute atomic E-state index is 13.0. The van der Waals surface area contributed by atoms with Gasteiger partial charge in [0.1, 0.15) is 11.6 Å². The number of hydrogen-bond acceptors (Lipinski definition) is 4. The molecular formula is C20H16FNO4. The Hall–Kier alpha value is -3.28. The average Bonchev–Trinajstić information content (AvgIpc) is 3.02. The second-order valence-electron chi connectivity index (χ2n) is 5.84. The lowest BCUT2D eigenvalue weighted by atomic mass is 10.2. The number of halogens is 1. The van der Waals surface area contributed by atoms with Crippen molar-refractivity contribution in [1.82, 2.24) is 0 Å². The summed E-state index contributed by atoms with van der Waals surface area (Å²) in [6.45, 7) is 1.18. The van der Waals surface area contributed by atoms with Crippen molar-refractivity contribution in [2.24, 2.45) is 0 Å². The molecule has 2 aromatic carbocycles. The Balaban J connectivity index is 1.50. The topological polar surface area (TPSA) is 60.7 Å². The van der Waals surface area contributed by atoms with Gasteiger partial charge in [0.25, 0.3) is 5.91 Å². The summed E-state index contributed by atoms with van der Waals surface area (Å²) in [6.07, 6.45) is 0.814. The van der Waals surface area contributed by atoms with Crippen LogP contribution >= 0.6 is 0 Å². The van der Waals surface area contributed by atoms with Crippen molar-refractivity contribution in [2.45, 2.75) is 6.42 Å². The lowest BCUT2D eigenvalue weighted by molar-refractivity contribution is 0.0997. The lowest BCUT2D eigenvalue weighted by Crippen LogP contribution is -2.10. The monoisotopic (exact) mass is 353 g/mol. The molecule has 6 heteroatoms. The van der Waals surface area contributed by atoms with Crippen LogP contribution in [0.2, 0.25) is 0 Å². The van der Waals surface area contributed by atoms with Crippen LogP contribution in [-0.4, -0.2) is 19.1 Å².